The van der Waals surface area contributed by atoms with Gasteiger partial charge in [-0.25, -0.2) is 0 Å². The van der Waals surface area contributed by atoms with E-state index in [0.717, 1.165) is 0 Å². The summed E-state index contributed by atoms with van der Waals surface area (Å²) in [5.41, 5.74) is 3.56. The highest BCUT2D eigenvalue weighted by atomic mass is 16.5. The molecular formula is C9H15N2O4+. The normalized spacial score (nSPS) is 11.3. The Labute approximate surface area is 88.1 Å². The lowest BCUT2D eigenvalue weighted by Gasteiger charge is -2.08. The van der Waals surface area contributed by atoms with Crippen LogP contribution < -0.4 is 11.1 Å². The third-order valence-electron chi connectivity index (χ3n) is 1.51. The van der Waals surface area contributed by atoms with E-state index < -0.39 is 12.0 Å². The van der Waals surface area contributed by atoms with E-state index >= 15 is 0 Å². The molecule has 0 unspecified atom stereocenters. The molecule has 0 aliphatic carbocycles. The summed E-state index contributed by atoms with van der Waals surface area (Å²) in [4.78, 5) is 21.9. The lowest BCUT2D eigenvalue weighted by atomic mass is 10.3. The SMILES string of the molecule is C#CCOC[C@H]([NH3+])C(=O)NCC(=O)OC. The van der Waals surface area contributed by atoms with E-state index in [4.69, 9.17) is 11.2 Å². The van der Waals surface area contributed by atoms with Crippen molar-refractivity contribution in [1.82, 2.24) is 5.32 Å². The maximum atomic E-state index is 11.2. The summed E-state index contributed by atoms with van der Waals surface area (Å²) in [6.07, 6.45) is 4.95. The number of esters is 1. The molecule has 0 radical (unpaired) electrons. The first kappa shape index (κ1) is 13.4. The van der Waals surface area contributed by atoms with Gasteiger partial charge in [0.25, 0.3) is 5.91 Å². The van der Waals surface area contributed by atoms with Crippen LogP contribution in [-0.4, -0.2) is 44.8 Å². The van der Waals surface area contributed by atoms with Crippen molar-refractivity contribution in [3.63, 3.8) is 0 Å². The minimum atomic E-state index is -0.594. The number of ether oxygens (including phenoxy) is 2. The van der Waals surface area contributed by atoms with Crippen LogP contribution in [0.2, 0.25) is 0 Å². The Morgan fingerprint density at radius 3 is 2.80 bits per heavy atom. The molecule has 1 amide bonds. The van der Waals surface area contributed by atoms with Crippen molar-refractivity contribution >= 4 is 11.9 Å². The molecule has 0 heterocycles. The molecule has 0 aromatic rings. The van der Waals surface area contributed by atoms with Gasteiger partial charge < -0.3 is 20.5 Å². The minimum Gasteiger partial charge on any atom is -0.468 e. The van der Waals surface area contributed by atoms with Gasteiger partial charge in [0.15, 0.2) is 6.04 Å². The number of hydrogen-bond acceptors (Lipinski definition) is 4. The lowest BCUT2D eigenvalue weighted by molar-refractivity contribution is -0.410. The number of quaternary nitrogens is 1. The van der Waals surface area contributed by atoms with Crippen LogP contribution in [0.1, 0.15) is 0 Å². The van der Waals surface area contributed by atoms with Crippen molar-refractivity contribution in [2.45, 2.75) is 6.04 Å². The molecule has 0 bridgehead atoms. The van der Waals surface area contributed by atoms with Crippen molar-refractivity contribution in [3.8, 4) is 12.3 Å². The van der Waals surface area contributed by atoms with E-state index in [-0.39, 0.29) is 25.7 Å². The summed E-state index contributed by atoms with van der Waals surface area (Å²) in [7, 11) is 1.24. The first-order valence-electron chi connectivity index (χ1n) is 4.30. The van der Waals surface area contributed by atoms with Gasteiger partial charge in [0.05, 0.1) is 7.11 Å². The highest BCUT2D eigenvalue weighted by Gasteiger charge is 2.17. The molecule has 0 saturated heterocycles. The molecule has 4 N–H and O–H groups in total. The Kier molecular flexibility index (Phi) is 6.97. The van der Waals surface area contributed by atoms with E-state index in [1.54, 1.807) is 0 Å². The third kappa shape index (κ3) is 6.49. The van der Waals surface area contributed by atoms with Gasteiger partial charge in [0.2, 0.25) is 0 Å². The summed E-state index contributed by atoms with van der Waals surface area (Å²) >= 11 is 0. The van der Waals surface area contributed by atoms with Crippen LogP contribution in [0.5, 0.6) is 0 Å². The molecule has 0 saturated carbocycles. The monoisotopic (exact) mass is 215 g/mol. The zero-order valence-corrected chi connectivity index (χ0v) is 8.62. The van der Waals surface area contributed by atoms with Gasteiger partial charge >= 0.3 is 5.97 Å². The average molecular weight is 215 g/mol. The van der Waals surface area contributed by atoms with Crippen molar-refractivity contribution in [1.29, 1.82) is 0 Å². The fourth-order valence-electron chi connectivity index (χ4n) is 0.712. The molecular weight excluding hydrogens is 200 g/mol. The van der Waals surface area contributed by atoms with Crippen LogP contribution in [0.15, 0.2) is 0 Å². The van der Waals surface area contributed by atoms with Crippen molar-refractivity contribution < 1.29 is 24.8 Å². The van der Waals surface area contributed by atoms with E-state index in [2.05, 4.69) is 21.7 Å². The van der Waals surface area contributed by atoms with Gasteiger partial charge in [-0.2, -0.15) is 0 Å². The zero-order chi connectivity index (χ0) is 11.7. The number of methoxy groups -OCH3 is 1. The minimum absolute atomic E-state index is 0.122. The second kappa shape index (κ2) is 7.79. The van der Waals surface area contributed by atoms with E-state index in [1.165, 1.54) is 7.11 Å². The highest BCUT2D eigenvalue weighted by Crippen LogP contribution is 1.80. The maximum Gasteiger partial charge on any atom is 0.325 e. The Morgan fingerprint density at radius 1 is 1.60 bits per heavy atom. The molecule has 0 aromatic heterocycles. The predicted molar refractivity (Wildman–Crippen MR) is 51.4 cm³/mol. The summed E-state index contributed by atoms with van der Waals surface area (Å²) in [5.74, 6) is 1.37. The van der Waals surface area contributed by atoms with Crippen LogP contribution >= 0.6 is 0 Å². The van der Waals surface area contributed by atoms with Crippen LogP contribution in [0.3, 0.4) is 0 Å². The van der Waals surface area contributed by atoms with Gasteiger partial charge in [0, 0.05) is 0 Å². The molecule has 0 rings (SSSR count). The summed E-state index contributed by atoms with van der Waals surface area (Å²) in [6.45, 7) is 0.0873. The van der Waals surface area contributed by atoms with Gasteiger partial charge in [0.1, 0.15) is 19.8 Å². The highest BCUT2D eigenvalue weighted by molar-refractivity contribution is 5.84. The van der Waals surface area contributed by atoms with Crippen molar-refractivity contribution in [2.75, 3.05) is 26.9 Å². The smallest absolute Gasteiger partial charge is 0.325 e. The molecule has 6 nitrogen and oxygen atoms in total. The van der Waals surface area contributed by atoms with E-state index in [0.29, 0.717) is 0 Å². The van der Waals surface area contributed by atoms with Crippen LogP contribution in [-0.2, 0) is 19.1 Å². The Hall–Kier alpha value is -1.58. The Bertz CT molecular complexity index is 259. The van der Waals surface area contributed by atoms with Gasteiger partial charge in [-0.15, -0.1) is 6.42 Å². The predicted octanol–water partition coefficient (Wildman–Crippen LogP) is -2.46. The number of carbonyl (C=O) groups is 2. The molecule has 6 heteroatoms. The molecule has 0 aliphatic heterocycles. The quantitative estimate of drug-likeness (QED) is 0.292. The molecule has 0 fully saturated rings. The number of nitrogens with one attached hydrogen (secondary N) is 1. The van der Waals surface area contributed by atoms with Crippen molar-refractivity contribution in [3.05, 3.63) is 0 Å². The van der Waals surface area contributed by atoms with Crippen LogP contribution in [0, 0.1) is 12.3 Å². The van der Waals surface area contributed by atoms with E-state index in [1.807, 2.05) is 0 Å². The molecule has 84 valence electrons. The topological polar surface area (TPSA) is 92.3 Å². The average Bonchev–Trinajstić information content (AvgIpc) is 2.25. The summed E-state index contributed by atoms with van der Waals surface area (Å²) in [6, 6.07) is -0.594. The second-order valence-corrected chi connectivity index (χ2v) is 2.71. The van der Waals surface area contributed by atoms with Gasteiger partial charge in [-0.1, -0.05) is 5.92 Å². The number of amides is 1. The molecule has 0 aliphatic rings. The standard InChI is InChI=1S/C9H14N2O4/c1-3-4-15-6-7(10)9(13)11-5-8(12)14-2/h1,7H,4-6,10H2,2H3,(H,11,13)/p+1/t7-/m0/s1. The van der Waals surface area contributed by atoms with Crippen molar-refractivity contribution in [2.24, 2.45) is 0 Å². The Balaban J connectivity index is 3.70. The summed E-state index contributed by atoms with van der Waals surface area (Å²) < 4.78 is 9.27. The molecule has 1 atom stereocenters. The Morgan fingerprint density at radius 2 is 2.27 bits per heavy atom. The molecule has 0 aromatic carbocycles. The first-order chi connectivity index (χ1) is 7.11. The number of carbonyl (C=O) groups excluding carboxylic acids is 2. The van der Waals surface area contributed by atoms with Gasteiger partial charge in [-0.3, -0.25) is 9.59 Å². The van der Waals surface area contributed by atoms with Crippen LogP contribution in [0.25, 0.3) is 0 Å². The molecule has 0 spiro atoms. The third-order valence-corrected chi connectivity index (χ3v) is 1.51. The van der Waals surface area contributed by atoms with Crippen LogP contribution in [0.4, 0.5) is 0 Å². The maximum absolute atomic E-state index is 11.2. The fraction of sp³-hybridized carbons (Fsp3) is 0.556. The second-order valence-electron chi connectivity index (χ2n) is 2.71. The lowest BCUT2D eigenvalue weighted by Crippen LogP contribution is -2.69. The van der Waals surface area contributed by atoms with E-state index in [9.17, 15) is 9.59 Å². The number of terminal acetylenes is 1. The molecule has 15 heavy (non-hydrogen) atoms. The fourth-order valence-corrected chi connectivity index (χ4v) is 0.712. The number of rotatable bonds is 6. The largest absolute Gasteiger partial charge is 0.468 e. The number of hydrogen-bond donors (Lipinski definition) is 2. The summed E-state index contributed by atoms with van der Waals surface area (Å²) in [5, 5.41) is 2.35. The first-order valence-corrected chi connectivity index (χ1v) is 4.30. The van der Waals surface area contributed by atoms with Gasteiger partial charge in [-0.05, 0) is 0 Å². The zero-order valence-electron chi connectivity index (χ0n) is 8.62.